The van der Waals surface area contributed by atoms with Crippen molar-refractivity contribution in [2.45, 2.75) is 12.0 Å². The Bertz CT molecular complexity index is 329. The number of hydrogen-bond acceptors (Lipinski definition) is 3. The van der Waals surface area contributed by atoms with Crippen molar-refractivity contribution in [3.63, 3.8) is 0 Å². The maximum Gasteiger partial charge on any atom is 0.407 e. The molecule has 1 spiro atoms. The Kier molecular flexibility index (Phi) is 1.63. The van der Waals surface area contributed by atoms with Gasteiger partial charge in [-0.2, -0.15) is 0 Å². The molecule has 3 N–H and O–H groups in total. The SMILES string of the molecule is O=C1NC(=O)C2(CCN(C(=O)O)C2)N1. The molecule has 0 aromatic heterocycles. The van der Waals surface area contributed by atoms with E-state index in [1.807, 2.05) is 0 Å². The van der Waals surface area contributed by atoms with Crippen molar-refractivity contribution < 1.29 is 19.5 Å². The number of urea groups is 1. The molecule has 2 aliphatic rings. The van der Waals surface area contributed by atoms with Crippen LogP contribution < -0.4 is 10.6 Å². The average Bonchev–Trinajstić information content (AvgIpc) is 2.59. The van der Waals surface area contributed by atoms with Crippen LogP contribution in [-0.4, -0.2) is 46.7 Å². The molecule has 7 nitrogen and oxygen atoms in total. The average molecular weight is 199 g/mol. The molecule has 1 unspecified atom stereocenters. The topological polar surface area (TPSA) is 98.7 Å². The van der Waals surface area contributed by atoms with Crippen LogP contribution in [0.15, 0.2) is 0 Å². The number of carbonyl (C=O) groups excluding carboxylic acids is 2. The highest BCUT2D eigenvalue weighted by Crippen LogP contribution is 2.24. The predicted octanol–water partition coefficient (Wildman–Crippen LogP) is -1.05. The lowest BCUT2D eigenvalue weighted by Crippen LogP contribution is -2.49. The number of carboxylic acid groups (broad SMARTS) is 1. The van der Waals surface area contributed by atoms with Crippen molar-refractivity contribution in [1.29, 1.82) is 0 Å². The lowest BCUT2D eigenvalue weighted by molar-refractivity contribution is -0.123. The summed E-state index contributed by atoms with van der Waals surface area (Å²) >= 11 is 0. The largest absolute Gasteiger partial charge is 0.465 e. The monoisotopic (exact) mass is 199 g/mol. The normalized spacial score (nSPS) is 30.7. The van der Waals surface area contributed by atoms with Gasteiger partial charge in [0.05, 0.1) is 6.54 Å². The van der Waals surface area contributed by atoms with E-state index in [1.165, 1.54) is 0 Å². The van der Waals surface area contributed by atoms with Gasteiger partial charge in [-0.05, 0) is 6.42 Å². The number of carbonyl (C=O) groups is 3. The van der Waals surface area contributed by atoms with Crippen molar-refractivity contribution in [2.24, 2.45) is 0 Å². The molecule has 2 fully saturated rings. The number of imide groups is 1. The molecule has 0 aromatic rings. The number of nitrogens with zero attached hydrogens (tertiary/aromatic N) is 1. The lowest BCUT2D eigenvalue weighted by atomic mass is 10.00. The maximum absolute atomic E-state index is 11.4. The van der Waals surface area contributed by atoms with Crippen molar-refractivity contribution >= 4 is 18.0 Å². The molecular weight excluding hydrogens is 190 g/mol. The van der Waals surface area contributed by atoms with Crippen molar-refractivity contribution in [2.75, 3.05) is 13.1 Å². The summed E-state index contributed by atoms with van der Waals surface area (Å²) < 4.78 is 0. The zero-order valence-corrected chi connectivity index (χ0v) is 7.24. The molecule has 0 radical (unpaired) electrons. The maximum atomic E-state index is 11.4. The van der Waals surface area contributed by atoms with E-state index >= 15 is 0 Å². The van der Waals surface area contributed by atoms with Gasteiger partial charge in [0, 0.05) is 6.54 Å². The number of nitrogens with one attached hydrogen (secondary N) is 2. The summed E-state index contributed by atoms with van der Waals surface area (Å²) in [4.78, 5) is 34.0. The molecule has 2 rings (SSSR count). The fourth-order valence-electron chi connectivity index (χ4n) is 1.79. The Morgan fingerprint density at radius 1 is 1.50 bits per heavy atom. The van der Waals surface area contributed by atoms with E-state index in [0.29, 0.717) is 6.42 Å². The van der Waals surface area contributed by atoms with E-state index in [1.54, 1.807) is 0 Å². The first-order valence-electron chi connectivity index (χ1n) is 4.15. The van der Waals surface area contributed by atoms with E-state index in [2.05, 4.69) is 10.6 Å². The molecule has 4 amide bonds. The van der Waals surface area contributed by atoms with Gasteiger partial charge in [-0.15, -0.1) is 0 Å². The van der Waals surface area contributed by atoms with Crippen molar-refractivity contribution in [3.8, 4) is 0 Å². The van der Waals surface area contributed by atoms with Gasteiger partial charge in [0.1, 0.15) is 5.54 Å². The molecule has 0 aliphatic carbocycles. The van der Waals surface area contributed by atoms with E-state index < -0.39 is 23.6 Å². The third kappa shape index (κ3) is 1.09. The minimum absolute atomic E-state index is 0.0277. The molecule has 14 heavy (non-hydrogen) atoms. The first kappa shape index (κ1) is 8.79. The predicted molar refractivity (Wildman–Crippen MR) is 43.6 cm³/mol. The van der Waals surface area contributed by atoms with Crippen LogP contribution >= 0.6 is 0 Å². The molecule has 2 heterocycles. The number of amides is 4. The smallest absolute Gasteiger partial charge is 0.407 e. The molecule has 1 atom stereocenters. The van der Waals surface area contributed by atoms with Crippen LogP contribution in [0.3, 0.4) is 0 Å². The van der Waals surface area contributed by atoms with Gasteiger partial charge in [0.25, 0.3) is 5.91 Å². The zero-order valence-electron chi connectivity index (χ0n) is 7.24. The Hall–Kier alpha value is -1.79. The fraction of sp³-hybridized carbons (Fsp3) is 0.571. The van der Waals surface area contributed by atoms with Crippen LogP contribution in [0.5, 0.6) is 0 Å². The van der Waals surface area contributed by atoms with Gasteiger partial charge in [-0.1, -0.05) is 0 Å². The van der Waals surface area contributed by atoms with E-state index in [-0.39, 0.29) is 13.1 Å². The summed E-state index contributed by atoms with van der Waals surface area (Å²) in [6.45, 7) is 0.295. The molecular formula is C7H9N3O4. The molecule has 0 saturated carbocycles. The summed E-state index contributed by atoms with van der Waals surface area (Å²) in [6, 6.07) is -0.553. The van der Waals surface area contributed by atoms with E-state index in [4.69, 9.17) is 5.11 Å². The molecule has 2 aliphatic heterocycles. The Morgan fingerprint density at radius 2 is 2.21 bits per heavy atom. The van der Waals surface area contributed by atoms with Gasteiger partial charge < -0.3 is 15.3 Å². The second-order valence-corrected chi connectivity index (χ2v) is 3.44. The first-order chi connectivity index (χ1) is 6.53. The summed E-state index contributed by atoms with van der Waals surface area (Å²) in [5, 5.41) is 13.3. The highest BCUT2D eigenvalue weighted by molar-refractivity contribution is 6.07. The second-order valence-electron chi connectivity index (χ2n) is 3.44. The van der Waals surface area contributed by atoms with Crippen LogP contribution in [0.4, 0.5) is 9.59 Å². The van der Waals surface area contributed by atoms with Crippen LogP contribution in [0.25, 0.3) is 0 Å². The van der Waals surface area contributed by atoms with Gasteiger partial charge in [-0.3, -0.25) is 10.1 Å². The van der Waals surface area contributed by atoms with Gasteiger partial charge in [0.15, 0.2) is 0 Å². The minimum atomic E-state index is -1.07. The number of rotatable bonds is 0. The molecule has 0 aromatic carbocycles. The minimum Gasteiger partial charge on any atom is -0.465 e. The highest BCUT2D eigenvalue weighted by atomic mass is 16.4. The van der Waals surface area contributed by atoms with Crippen LogP contribution in [0.1, 0.15) is 6.42 Å². The lowest BCUT2D eigenvalue weighted by Gasteiger charge is -2.18. The van der Waals surface area contributed by atoms with Gasteiger partial charge in [-0.25, -0.2) is 9.59 Å². The fourth-order valence-corrected chi connectivity index (χ4v) is 1.79. The van der Waals surface area contributed by atoms with Crippen molar-refractivity contribution in [1.82, 2.24) is 15.5 Å². The summed E-state index contributed by atoms with van der Waals surface area (Å²) in [5.74, 6) is -0.439. The first-order valence-corrected chi connectivity index (χ1v) is 4.15. The second kappa shape index (κ2) is 2.60. The molecule has 76 valence electrons. The van der Waals surface area contributed by atoms with Crippen LogP contribution in [0.2, 0.25) is 0 Å². The summed E-state index contributed by atoms with van der Waals surface area (Å²) in [5.41, 5.74) is -1.03. The van der Waals surface area contributed by atoms with Crippen LogP contribution in [0, 0.1) is 0 Å². The van der Waals surface area contributed by atoms with E-state index in [9.17, 15) is 14.4 Å². The van der Waals surface area contributed by atoms with Gasteiger partial charge >= 0.3 is 12.1 Å². The molecule has 2 saturated heterocycles. The zero-order chi connectivity index (χ0) is 10.3. The van der Waals surface area contributed by atoms with Crippen LogP contribution in [-0.2, 0) is 4.79 Å². The summed E-state index contributed by atoms with van der Waals surface area (Å²) in [7, 11) is 0. The standard InChI is InChI=1S/C7H9N3O4/c11-4-7(9-5(12)8-4)1-2-10(3-7)6(13)14/h1-3H2,(H,13,14)(H2,8,9,11,12). The molecule has 7 heteroatoms. The Balaban J connectivity index is 2.17. The Morgan fingerprint density at radius 3 is 2.64 bits per heavy atom. The van der Waals surface area contributed by atoms with E-state index in [0.717, 1.165) is 4.90 Å². The number of likely N-dealkylation sites (tertiary alicyclic amines) is 1. The third-order valence-corrected chi connectivity index (χ3v) is 2.55. The quantitative estimate of drug-likeness (QED) is 0.433. The molecule has 0 bridgehead atoms. The summed E-state index contributed by atoms with van der Waals surface area (Å²) in [6.07, 6.45) is -0.743. The third-order valence-electron chi connectivity index (χ3n) is 2.55. The van der Waals surface area contributed by atoms with Gasteiger partial charge in [0.2, 0.25) is 0 Å². The van der Waals surface area contributed by atoms with Crippen molar-refractivity contribution in [3.05, 3.63) is 0 Å². The highest BCUT2D eigenvalue weighted by Gasteiger charge is 2.51. The Labute approximate surface area is 79.1 Å². The number of hydrogen-bond donors (Lipinski definition) is 3.